The molecule has 0 bridgehead atoms. The van der Waals surface area contributed by atoms with E-state index in [2.05, 4.69) is 68.1 Å². The van der Waals surface area contributed by atoms with Crippen molar-refractivity contribution in [2.75, 3.05) is 70.5 Å². The molecule has 0 aliphatic carbocycles. The lowest BCUT2D eigenvalue weighted by Gasteiger charge is -2.37. The molecule has 2 aliphatic heterocycles. The van der Waals surface area contributed by atoms with E-state index in [-0.39, 0.29) is 6.04 Å². The minimum absolute atomic E-state index is 0.256. The van der Waals surface area contributed by atoms with Gasteiger partial charge < -0.3 is 19.9 Å². The number of benzene rings is 1. The summed E-state index contributed by atoms with van der Waals surface area (Å²) in [4.78, 5) is 21.0. The molecule has 2 aliphatic rings. The number of morpholine rings is 1. The van der Waals surface area contributed by atoms with Crippen LogP contribution in [-0.4, -0.2) is 91.3 Å². The lowest BCUT2D eigenvalue weighted by Crippen LogP contribution is -2.53. The van der Waals surface area contributed by atoms with E-state index in [1.165, 1.54) is 11.1 Å². The maximum absolute atomic E-state index is 5.60. The summed E-state index contributed by atoms with van der Waals surface area (Å²) in [5.74, 6) is 1.80. The fraction of sp³-hybridized carbons (Fsp3) is 0.542. The Labute approximate surface area is 191 Å². The molecular formula is C24H35N7O. The van der Waals surface area contributed by atoms with Gasteiger partial charge in [-0.15, -0.1) is 0 Å². The zero-order valence-corrected chi connectivity index (χ0v) is 19.3. The molecule has 4 rings (SSSR count). The fourth-order valence-electron chi connectivity index (χ4n) is 4.37. The van der Waals surface area contributed by atoms with Gasteiger partial charge in [-0.1, -0.05) is 29.8 Å². The van der Waals surface area contributed by atoms with Crippen LogP contribution in [0.15, 0.2) is 47.7 Å². The number of aliphatic imine (C=N–C) groups is 1. The summed E-state index contributed by atoms with van der Waals surface area (Å²) >= 11 is 0. The van der Waals surface area contributed by atoms with Gasteiger partial charge in [0.05, 0.1) is 25.8 Å². The zero-order chi connectivity index (χ0) is 22.2. The minimum atomic E-state index is 0.256. The predicted molar refractivity (Wildman–Crippen MR) is 128 cm³/mol. The van der Waals surface area contributed by atoms with E-state index in [4.69, 9.17) is 9.73 Å². The molecule has 8 heteroatoms. The molecule has 0 saturated carbocycles. The van der Waals surface area contributed by atoms with Crippen LogP contribution in [0.4, 0.5) is 5.95 Å². The normalized spacial score (nSPS) is 19.1. The van der Waals surface area contributed by atoms with E-state index in [1.807, 2.05) is 6.07 Å². The van der Waals surface area contributed by atoms with Gasteiger partial charge in [0.25, 0.3) is 0 Å². The van der Waals surface area contributed by atoms with Crippen LogP contribution in [0.5, 0.6) is 0 Å². The number of piperazine rings is 1. The Morgan fingerprint density at radius 1 is 1.06 bits per heavy atom. The van der Waals surface area contributed by atoms with E-state index in [1.54, 1.807) is 12.4 Å². The van der Waals surface area contributed by atoms with Gasteiger partial charge in [-0.3, -0.25) is 9.89 Å². The summed E-state index contributed by atoms with van der Waals surface area (Å²) in [5, 5.41) is 3.51. The number of ether oxygens (including phenoxy) is 1. The van der Waals surface area contributed by atoms with E-state index < -0.39 is 0 Å². The summed E-state index contributed by atoms with van der Waals surface area (Å²) in [6.45, 7) is 12.9. The van der Waals surface area contributed by atoms with Crippen LogP contribution in [0.25, 0.3) is 0 Å². The second kappa shape index (κ2) is 11.2. The molecule has 8 nitrogen and oxygen atoms in total. The first-order valence-corrected chi connectivity index (χ1v) is 11.7. The standard InChI is InChI=1S/C24H35N7O/c1-3-25-23(30-10-12-31(13-11-30)24-26-8-5-9-27-24)28-19-22(29-14-16-32-17-15-29)21-7-4-6-20(2)18-21/h4-9,18,22H,3,10-17,19H2,1-2H3,(H,25,28). The van der Waals surface area contributed by atoms with E-state index >= 15 is 0 Å². The molecule has 1 unspecified atom stereocenters. The topological polar surface area (TPSA) is 69.1 Å². The van der Waals surface area contributed by atoms with Gasteiger partial charge in [0, 0.05) is 58.2 Å². The highest BCUT2D eigenvalue weighted by Crippen LogP contribution is 2.23. The zero-order valence-electron chi connectivity index (χ0n) is 19.3. The van der Waals surface area contributed by atoms with Crippen molar-refractivity contribution in [1.82, 2.24) is 25.1 Å². The van der Waals surface area contributed by atoms with Crippen molar-refractivity contribution in [2.24, 2.45) is 4.99 Å². The molecule has 1 atom stereocenters. The Morgan fingerprint density at radius 2 is 1.81 bits per heavy atom. The Hall–Kier alpha value is -2.71. The van der Waals surface area contributed by atoms with Crippen molar-refractivity contribution in [3.63, 3.8) is 0 Å². The number of hydrogen-bond donors (Lipinski definition) is 1. The first-order chi connectivity index (χ1) is 15.7. The summed E-state index contributed by atoms with van der Waals surface area (Å²) in [7, 11) is 0. The Bertz CT molecular complexity index is 862. The van der Waals surface area contributed by atoms with Crippen molar-refractivity contribution < 1.29 is 4.74 Å². The largest absolute Gasteiger partial charge is 0.379 e. The van der Waals surface area contributed by atoms with Gasteiger partial charge >= 0.3 is 0 Å². The molecule has 1 aromatic carbocycles. The smallest absolute Gasteiger partial charge is 0.225 e. The van der Waals surface area contributed by atoms with Gasteiger partial charge in [-0.05, 0) is 25.5 Å². The third kappa shape index (κ3) is 5.75. The number of aryl methyl sites for hydroxylation is 1. The SMILES string of the molecule is CCNC(=NCC(c1cccc(C)c1)N1CCOCC1)N1CCN(c2ncccn2)CC1. The molecule has 2 fully saturated rings. The van der Waals surface area contributed by atoms with E-state index in [9.17, 15) is 0 Å². The Balaban J connectivity index is 1.46. The number of nitrogens with zero attached hydrogens (tertiary/aromatic N) is 6. The minimum Gasteiger partial charge on any atom is -0.379 e. The van der Waals surface area contributed by atoms with Crippen LogP contribution >= 0.6 is 0 Å². The molecule has 32 heavy (non-hydrogen) atoms. The Morgan fingerprint density at radius 3 is 2.50 bits per heavy atom. The van der Waals surface area contributed by atoms with Crippen LogP contribution in [0.3, 0.4) is 0 Å². The monoisotopic (exact) mass is 437 g/mol. The molecule has 1 N–H and O–H groups in total. The second-order valence-corrected chi connectivity index (χ2v) is 8.30. The summed E-state index contributed by atoms with van der Waals surface area (Å²) in [6, 6.07) is 10.9. The number of hydrogen-bond acceptors (Lipinski definition) is 6. The van der Waals surface area contributed by atoms with Crippen molar-refractivity contribution >= 4 is 11.9 Å². The highest BCUT2D eigenvalue weighted by atomic mass is 16.5. The lowest BCUT2D eigenvalue weighted by molar-refractivity contribution is 0.0179. The third-order valence-electron chi connectivity index (χ3n) is 6.08. The van der Waals surface area contributed by atoms with Crippen molar-refractivity contribution in [1.29, 1.82) is 0 Å². The first-order valence-electron chi connectivity index (χ1n) is 11.7. The van der Waals surface area contributed by atoms with Crippen LogP contribution < -0.4 is 10.2 Å². The number of aromatic nitrogens is 2. The van der Waals surface area contributed by atoms with E-state index in [0.717, 1.165) is 77.5 Å². The highest BCUT2D eigenvalue weighted by molar-refractivity contribution is 5.80. The maximum atomic E-state index is 5.60. The first kappa shape index (κ1) is 22.5. The number of nitrogens with one attached hydrogen (secondary N) is 1. The van der Waals surface area contributed by atoms with Gasteiger partial charge in [-0.2, -0.15) is 0 Å². The Kier molecular flexibility index (Phi) is 7.90. The molecule has 0 spiro atoms. The molecule has 2 aromatic rings. The molecule has 2 saturated heterocycles. The van der Waals surface area contributed by atoms with Gasteiger partial charge in [0.2, 0.25) is 5.95 Å². The molecular weight excluding hydrogens is 402 g/mol. The molecule has 1 aromatic heterocycles. The van der Waals surface area contributed by atoms with Gasteiger partial charge in [-0.25, -0.2) is 9.97 Å². The maximum Gasteiger partial charge on any atom is 0.225 e. The van der Waals surface area contributed by atoms with Gasteiger partial charge in [0.15, 0.2) is 5.96 Å². The van der Waals surface area contributed by atoms with Crippen molar-refractivity contribution in [3.05, 3.63) is 53.9 Å². The number of guanidine groups is 1. The summed E-state index contributed by atoms with van der Waals surface area (Å²) in [5.41, 5.74) is 2.62. The average molecular weight is 438 g/mol. The van der Waals surface area contributed by atoms with Crippen LogP contribution in [0.1, 0.15) is 24.1 Å². The molecule has 3 heterocycles. The van der Waals surface area contributed by atoms with Crippen LogP contribution in [-0.2, 0) is 4.74 Å². The molecule has 0 amide bonds. The number of rotatable bonds is 6. The second-order valence-electron chi connectivity index (χ2n) is 8.30. The van der Waals surface area contributed by atoms with Crippen molar-refractivity contribution in [3.8, 4) is 0 Å². The third-order valence-corrected chi connectivity index (χ3v) is 6.08. The van der Waals surface area contributed by atoms with E-state index in [0.29, 0.717) is 0 Å². The van der Waals surface area contributed by atoms with Crippen LogP contribution in [0.2, 0.25) is 0 Å². The fourth-order valence-corrected chi connectivity index (χ4v) is 4.37. The highest BCUT2D eigenvalue weighted by Gasteiger charge is 2.25. The lowest BCUT2D eigenvalue weighted by atomic mass is 10.0. The quantitative estimate of drug-likeness (QED) is 0.547. The van der Waals surface area contributed by atoms with Crippen molar-refractivity contribution in [2.45, 2.75) is 19.9 Å². The summed E-state index contributed by atoms with van der Waals surface area (Å²) in [6.07, 6.45) is 3.61. The summed E-state index contributed by atoms with van der Waals surface area (Å²) < 4.78 is 5.60. The number of anilines is 1. The molecule has 0 radical (unpaired) electrons. The molecule has 172 valence electrons. The average Bonchev–Trinajstić information content (AvgIpc) is 2.85. The van der Waals surface area contributed by atoms with Crippen LogP contribution in [0, 0.1) is 6.92 Å². The predicted octanol–water partition coefficient (Wildman–Crippen LogP) is 1.95. The van der Waals surface area contributed by atoms with Gasteiger partial charge in [0.1, 0.15) is 0 Å².